The molecule has 0 aromatic carbocycles. The number of carbonyl (C=O) groups excluding carboxylic acids is 1. The topological polar surface area (TPSA) is 148 Å². The van der Waals surface area contributed by atoms with Gasteiger partial charge in [-0.25, -0.2) is 9.59 Å². The van der Waals surface area contributed by atoms with E-state index in [0.717, 1.165) is 15.9 Å². The molecule has 4 N–H and O–H groups in total. The lowest BCUT2D eigenvalue weighted by atomic mass is 10.2. The van der Waals surface area contributed by atoms with E-state index in [1.54, 1.807) is 6.92 Å². The van der Waals surface area contributed by atoms with Gasteiger partial charge >= 0.3 is 11.7 Å². The number of carbonyl (C=O) groups is 2. The summed E-state index contributed by atoms with van der Waals surface area (Å²) >= 11 is 0.939. The summed E-state index contributed by atoms with van der Waals surface area (Å²) in [5, 5.41) is 9.03. The van der Waals surface area contributed by atoms with Gasteiger partial charge in [-0.3, -0.25) is 19.1 Å². The number of hydrogen-bond donors (Lipinski definition) is 3. The first-order valence-electron chi connectivity index (χ1n) is 6.67. The van der Waals surface area contributed by atoms with E-state index in [4.69, 9.17) is 15.3 Å². The Kier molecular flexibility index (Phi) is 3.60. The van der Waals surface area contributed by atoms with Gasteiger partial charge in [0.2, 0.25) is 5.76 Å². The first-order valence-corrected chi connectivity index (χ1v) is 7.49. The van der Waals surface area contributed by atoms with E-state index in [2.05, 4.69) is 4.98 Å². The monoisotopic (exact) mass is 349 g/mol. The quantitative estimate of drug-likeness (QED) is 0.624. The number of aryl methyl sites for hydroxylation is 1. The summed E-state index contributed by atoms with van der Waals surface area (Å²) in [5.74, 6) is -2.09. The minimum absolute atomic E-state index is 0.141. The maximum atomic E-state index is 12.6. The Morgan fingerprint density at radius 3 is 2.67 bits per heavy atom. The molecule has 0 saturated carbocycles. The zero-order valence-electron chi connectivity index (χ0n) is 12.3. The zero-order valence-corrected chi connectivity index (χ0v) is 13.1. The number of nitrogens with two attached hydrogens (primary N) is 1. The second kappa shape index (κ2) is 5.49. The van der Waals surface area contributed by atoms with Crippen LogP contribution in [0.15, 0.2) is 26.1 Å². The third kappa shape index (κ3) is 2.42. The van der Waals surface area contributed by atoms with Gasteiger partial charge in [0.25, 0.3) is 11.5 Å². The first kappa shape index (κ1) is 15.7. The van der Waals surface area contributed by atoms with E-state index in [0.29, 0.717) is 5.56 Å². The highest BCUT2D eigenvalue weighted by Crippen LogP contribution is 2.25. The van der Waals surface area contributed by atoms with Gasteiger partial charge in [0.05, 0.1) is 16.8 Å². The van der Waals surface area contributed by atoms with Gasteiger partial charge in [0.15, 0.2) is 0 Å². The summed E-state index contributed by atoms with van der Waals surface area (Å²) in [6.45, 7) is 1.33. The fraction of sp³-hybridized carbons (Fsp3) is 0.143. The van der Waals surface area contributed by atoms with Crippen molar-refractivity contribution in [3.05, 3.63) is 54.9 Å². The number of carboxylic acid groups (broad SMARTS) is 1. The number of thiophene rings is 1. The molecule has 3 rings (SSSR count). The van der Waals surface area contributed by atoms with Gasteiger partial charge in [-0.1, -0.05) is 0 Å². The van der Waals surface area contributed by atoms with Gasteiger partial charge in [0.1, 0.15) is 10.6 Å². The number of H-pyrrole nitrogens is 1. The van der Waals surface area contributed by atoms with Crippen molar-refractivity contribution in [2.45, 2.75) is 13.5 Å². The van der Waals surface area contributed by atoms with Crippen molar-refractivity contribution in [3.8, 4) is 0 Å². The molecule has 3 aromatic rings. The third-order valence-corrected chi connectivity index (χ3v) is 4.70. The zero-order chi connectivity index (χ0) is 17.6. The van der Waals surface area contributed by atoms with Gasteiger partial charge < -0.3 is 15.3 Å². The molecule has 10 heteroatoms. The van der Waals surface area contributed by atoms with Crippen LogP contribution in [0.4, 0.5) is 0 Å². The van der Waals surface area contributed by atoms with Crippen molar-refractivity contribution in [2.24, 2.45) is 5.73 Å². The molecule has 0 spiro atoms. The molecule has 124 valence electrons. The van der Waals surface area contributed by atoms with Crippen LogP contribution in [0.2, 0.25) is 0 Å². The third-order valence-electron chi connectivity index (χ3n) is 3.48. The normalized spacial score (nSPS) is 11.0. The average molecular weight is 349 g/mol. The average Bonchev–Trinajstić information content (AvgIpc) is 3.08. The Morgan fingerprint density at radius 1 is 1.38 bits per heavy atom. The number of furan rings is 1. The van der Waals surface area contributed by atoms with E-state index in [1.807, 2.05) is 0 Å². The van der Waals surface area contributed by atoms with Crippen molar-refractivity contribution in [1.29, 1.82) is 0 Å². The summed E-state index contributed by atoms with van der Waals surface area (Å²) in [7, 11) is 0. The standard InChI is InChI=1S/C14H11N3O6S/c1-5-8-11(24-9(5)10(15)18)16-14(22)17(12(8)19)4-6-2-3-7(23-6)13(20)21/h2-3H,4H2,1H3,(H2,15,18)(H,16,22)(H,20,21). The summed E-state index contributed by atoms with van der Waals surface area (Å²) < 4.78 is 5.93. The highest BCUT2D eigenvalue weighted by molar-refractivity contribution is 7.20. The number of aromatic amines is 1. The van der Waals surface area contributed by atoms with Crippen LogP contribution in [0.5, 0.6) is 0 Å². The Morgan fingerprint density at radius 2 is 2.08 bits per heavy atom. The molecule has 24 heavy (non-hydrogen) atoms. The Bertz CT molecular complexity index is 1100. The van der Waals surface area contributed by atoms with E-state index < -0.39 is 23.1 Å². The molecule has 0 aliphatic heterocycles. The number of amides is 1. The second-order valence-corrected chi connectivity index (χ2v) is 6.04. The van der Waals surface area contributed by atoms with Crippen LogP contribution in [0.1, 0.15) is 31.6 Å². The lowest BCUT2D eigenvalue weighted by Gasteiger charge is -2.02. The number of nitrogens with one attached hydrogen (secondary N) is 1. The predicted molar refractivity (Wildman–Crippen MR) is 84.7 cm³/mol. The highest BCUT2D eigenvalue weighted by atomic mass is 32.1. The molecule has 0 aliphatic rings. The van der Waals surface area contributed by atoms with Crippen molar-refractivity contribution in [2.75, 3.05) is 0 Å². The number of aromatic nitrogens is 2. The van der Waals surface area contributed by atoms with Crippen LogP contribution in [0.25, 0.3) is 10.2 Å². The Hall–Kier alpha value is -3.14. The summed E-state index contributed by atoms with van der Waals surface area (Å²) in [6, 6.07) is 2.60. The SMILES string of the molecule is Cc1c(C(N)=O)sc2[nH]c(=O)n(Cc3ccc(C(=O)O)o3)c(=O)c12. The molecule has 0 fully saturated rings. The number of aromatic carboxylic acids is 1. The number of primary amides is 1. The van der Waals surface area contributed by atoms with E-state index in [-0.39, 0.29) is 33.2 Å². The molecule has 0 aliphatic carbocycles. The van der Waals surface area contributed by atoms with Gasteiger partial charge in [-0.2, -0.15) is 0 Å². The van der Waals surface area contributed by atoms with Crippen LogP contribution in [-0.4, -0.2) is 26.5 Å². The fourth-order valence-electron chi connectivity index (χ4n) is 2.36. The van der Waals surface area contributed by atoms with E-state index in [9.17, 15) is 19.2 Å². The largest absolute Gasteiger partial charge is 0.475 e. The molecular formula is C14H11N3O6S. The number of hydrogen-bond acceptors (Lipinski definition) is 6. The van der Waals surface area contributed by atoms with Crippen molar-refractivity contribution >= 4 is 33.4 Å². The first-order chi connectivity index (χ1) is 11.3. The van der Waals surface area contributed by atoms with Crippen LogP contribution in [-0.2, 0) is 6.54 Å². The van der Waals surface area contributed by atoms with Gasteiger partial charge in [-0.05, 0) is 24.6 Å². The maximum Gasteiger partial charge on any atom is 0.371 e. The lowest BCUT2D eigenvalue weighted by molar-refractivity contribution is 0.0660. The van der Waals surface area contributed by atoms with Crippen LogP contribution in [0.3, 0.4) is 0 Å². The van der Waals surface area contributed by atoms with Crippen molar-refractivity contribution in [1.82, 2.24) is 9.55 Å². The molecule has 0 bridgehead atoms. The summed E-state index contributed by atoms with van der Waals surface area (Å²) in [5.41, 5.74) is 4.35. The van der Waals surface area contributed by atoms with Crippen molar-refractivity contribution in [3.63, 3.8) is 0 Å². The minimum atomic E-state index is -1.25. The molecule has 1 amide bonds. The van der Waals surface area contributed by atoms with Gasteiger partial charge in [-0.15, -0.1) is 11.3 Å². The number of nitrogens with zero attached hydrogens (tertiary/aromatic N) is 1. The second-order valence-electron chi connectivity index (χ2n) is 5.02. The molecule has 3 aromatic heterocycles. The summed E-state index contributed by atoms with van der Waals surface area (Å²) in [4.78, 5) is 49.9. The Labute approximate surface area is 136 Å². The molecule has 0 radical (unpaired) electrons. The maximum absolute atomic E-state index is 12.6. The number of fused-ring (bicyclic) bond motifs is 1. The van der Waals surface area contributed by atoms with E-state index in [1.165, 1.54) is 12.1 Å². The fourth-order valence-corrected chi connectivity index (χ4v) is 3.40. The molecule has 0 unspecified atom stereocenters. The van der Waals surface area contributed by atoms with Crippen LogP contribution < -0.4 is 17.0 Å². The molecule has 9 nitrogen and oxygen atoms in total. The molecule has 0 atom stereocenters. The number of rotatable bonds is 4. The lowest BCUT2D eigenvalue weighted by Crippen LogP contribution is -2.35. The highest BCUT2D eigenvalue weighted by Gasteiger charge is 2.19. The predicted octanol–water partition coefficient (Wildman–Crippen LogP) is 0.498. The molecular weight excluding hydrogens is 338 g/mol. The Balaban J connectivity index is 2.16. The number of carboxylic acids is 1. The van der Waals surface area contributed by atoms with E-state index >= 15 is 0 Å². The minimum Gasteiger partial charge on any atom is -0.475 e. The van der Waals surface area contributed by atoms with Crippen LogP contribution >= 0.6 is 11.3 Å². The molecule has 3 heterocycles. The van der Waals surface area contributed by atoms with Crippen molar-refractivity contribution < 1.29 is 19.1 Å². The smallest absolute Gasteiger partial charge is 0.371 e. The van der Waals surface area contributed by atoms with Gasteiger partial charge in [0, 0.05) is 0 Å². The molecule has 0 saturated heterocycles. The van der Waals surface area contributed by atoms with Crippen LogP contribution in [0, 0.1) is 6.92 Å². The summed E-state index contributed by atoms with van der Waals surface area (Å²) in [6.07, 6.45) is 0.